The van der Waals surface area contributed by atoms with Crippen molar-refractivity contribution in [3.63, 3.8) is 0 Å². The average molecular weight is 522 g/mol. The van der Waals surface area contributed by atoms with E-state index in [1.54, 1.807) is 24.5 Å². The van der Waals surface area contributed by atoms with Gasteiger partial charge in [-0.2, -0.15) is 0 Å². The first-order valence-corrected chi connectivity index (χ1v) is 13.6. The molecule has 1 saturated heterocycles. The molecule has 0 spiro atoms. The van der Waals surface area contributed by atoms with Crippen LogP contribution in [-0.2, 0) is 9.53 Å². The number of fused-ring (bicyclic) bond motifs is 1. The minimum Gasteiger partial charge on any atom is -0.494 e. The normalized spacial score (nSPS) is 18.0. The fourth-order valence-corrected chi connectivity index (χ4v) is 5.88. The number of hydrogen-bond acceptors (Lipinski definition) is 8. The Bertz CT molecular complexity index is 1490. The molecule has 9 heteroatoms. The Morgan fingerprint density at radius 2 is 1.86 bits per heavy atom. The van der Waals surface area contributed by atoms with Crippen LogP contribution in [0.4, 0.5) is 5.88 Å². The highest BCUT2D eigenvalue weighted by molar-refractivity contribution is 7.07. The number of esters is 1. The number of allylic oxidation sites excluding steroid dienone is 1. The lowest BCUT2D eigenvalue weighted by atomic mass is 9.96. The lowest BCUT2D eigenvalue weighted by Gasteiger charge is -2.25. The summed E-state index contributed by atoms with van der Waals surface area (Å²) >= 11 is 1.29. The quantitative estimate of drug-likeness (QED) is 0.440. The predicted molar refractivity (Wildman–Crippen MR) is 143 cm³/mol. The Kier molecular flexibility index (Phi) is 7.32. The van der Waals surface area contributed by atoms with E-state index < -0.39 is 12.0 Å². The summed E-state index contributed by atoms with van der Waals surface area (Å²) < 4.78 is 19.1. The van der Waals surface area contributed by atoms with Gasteiger partial charge in [-0.25, -0.2) is 9.79 Å². The minimum absolute atomic E-state index is 0.229. The maximum atomic E-state index is 13.7. The molecular formula is C28H31N3O5S. The Balaban J connectivity index is 1.59. The summed E-state index contributed by atoms with van der Waals surface area (Å²) in [6, 6.07) is 10.6. The SMILES string of the molecule is CCOC(=O)C1=C(C)N=c2s/c(=C\c3ccc(N4CCCCC4)o3)c(=O)n2[C@H]1c1ccc(OCC)cc1. The van der Waals surface area contributed by atoms with Gasteiger partial charge in [-0.15, -0.1) is 0 Å². The highest BCUT2D eigenvalue weighted by Crippen LogP contribution is 2.31. The monoisotopic (exact) mass is 521 g/mol. The molecule has 4 heterocycles. The van der Waals surface area contributed by atoms with Gasteiger partial charge in [-0.1, -0.05) is 23.5 Å². The molecule has 0 aliphatic carbocycles. The lowest BCUT2D eigenvalue weighted by molar-refractivity contribution is -0.139. The van der Waals surface area contributed by atoms with Crippen molar-refractivity contribution in [2.24, 2.45) is 4.99 Å². The van der Waals surface area contributed by atoms with Crippen molar-refractivity contribution in [2.75, 3.05) is 31.2 Å². The first kappa shape index (κ1) is 25.1. The summed E-state index contributed by atoms with van der Waals surface area (Å²) in [7, 11) is 0. The van der Waals surface area contributed by atoms with Crippen molar-refractivity contribution in [3.05, 3.63) is 78.7 Å². The highest BCUT2D eigenvalue weighted by atomic mass is 32.1. The molecule has 1 fully saturated rings. The first-order chi connectivity index (χ1) is 18.0. The third-order valence-corrected chi connectivity index (χ3v) is 7.56. The molecule has 1 atom stereocenters. The van der Waals surface area contributed by atoms with Gasteiger partial charge in [0.2, 0.25) is 0 Å². The largest absolute Gasteiger partial charge is 0.494 e. The molecule has 0 radical (unpaired) electrons. The predicted octanol–water partition coefficient (Wildman–Crippen LogP) is 3.78. The summed E-state index contributed by atoms with van der Waals surface area (Å²) in [5, 5.41) is 0. The molecular weight excluding hydrogens is 490 g/mol. The van der Waals surface area contributed by atoms with E-state index in [9.17, 15) is 9.59 Å². The topological polar surface area (TPSA) is 86.3 Å². The van der Waals surface area contributed by atoms with Gasteiger partial charge < -0.3 is 18.8 Å². The van der Waals surface area contributed by atoms with Gasteiger partial charge in [0, 0.05) is 25.2 Å². The van der Waals surface area contributed by atoms with E-state index in [4.69, 9.17) is 13.9 Å². The van der Waals surface area contributed by atoms with E-state index in [1.165, 1.54) is 17.8 Å². The minimum atomic E-state index is -0.659. The van der Waals surface area contributed by atoms with E-state index in [1.807, 2.05) is 43.3 Å². The Labute approximate surface area is 219 Å². The summed E-state index contributed by atoms with van der Waals surface area (Å²) in [5.41, 5.74) is 1.44. The van der Waals surface area contributed by atoms with Crippen LogP contribution in [0.3, 0.4) is 0 Å². The van der Waals surface area contributed by atoms with Gasteiger partial charge in [0.05, 0.1) is 35.1 Å². The Morgan fingerprint density at radius 1 is 1.11 bits per heavy atom. The molecule has 0 saturated carbocycles. The van der Waals surface area contributed by atoms with Crippen LogP contribution in [0.2, 0.25) is 0 Å². The van der Waals surface area contributed by atoms with Gasteiger partial charge in [-0.05, 0) is 63.8 Å². The number of carbonyl (C=O) groups excluding carboxylic acids is 1. The van der Waals surface area contributed by atoms with E-state index >= 15 is 0 Å². The number of ether oxygens (including phenoxy) is 2. The van der Waals surface area contributed by atoms with Gasteiger partial charge in [0.15, 0.2) is 10.7 Å². The van der Waals surface area contributed by atoms with Crippen molar-refractivity contribution in [3.8, 4) is 5.75 Å². The zero-order valence-electron chi connectivity index (χ0n) is 21.4. The molecule has 0 unspecified atom stereocenters. The number of anilines is 1. The molecule has 3 aromatic rings. The van der Waals surface area contributed by atoms with Crippen molar-refractivity contribution in [1.82, 2.24) is 4.57 Å². The van der Waals surface area contributed by atoms with Crippen LogP contribution in [-0.4, -0.2) is 36.8 Å². The van der Waals surface area contributed by atoms with E-state index in [2.05, 4.69) is 9.89 Å². The third-order valence-electron chi connectivity index (χ3n) is 6.58. The lowest BCUT2D eigenvalue weighted by Crippen LogP contribution is -2.39. The summed E-state index contributed by atoms with van der Waals surface area (Å²) in [6.45, 7) is 8.20. The number of benzene rings is 1. The maximum absolute atomic E-state index is 13.7. The summed E-state index contributed by atoms with van der Waals surface area (Å²) in [4.78, 5) is 34.2. The molecule has 37 heavy (non-hydrogen) atoms. The number of hydrogen-bond donors (Lipinski definition) is 0. The van der Waals surface area contributed by atoms with Crippen LogP contribution in [0.1, 0.15) is 57.4 Å². The standard InChI is InChI=1S/C28H31N3O5S/c1-4-34-20-11-9-19(10-12-20)25-24(27(33)35-5-2)18(3)29-28-31(25)26(32)22(37-28)17-21-13-14-23(36-21)30-15-7-6-8-16-30/h9-14,17,25H,4-8,15-16H2,1-3H3/b22-17-/t25-/m0/s1. The van der Waals surface area contributed by atoms with Crippen molar-refractivity contribution < 1.29 is 18.7 Å². The van der Waals surface area contributed by atoms with Crippen LogP contribution in [0, 0.1) is 0 Å². The van der Waals surface area contributed by atoms with Crippen LogP contribution < -0.4 is 24.5 Å². The molecule has 2 aliphatic rings. The molecule has 0 N–H and O–H groups in total. The fraction of sp³-hybridized carbons (Fsp3) is 0.393. The zero-order chi connectivity index (χ0) is 25.9. The molecule has 194 valence electrons. The van der Waals surface area contributed by atoms with Crippen LogP contribution >= 0.6 is 11.3 Å². The van der Waals surface area contributed by atoms with Crippen molar-refractivity contribution in [1.29, 1.82) is 0 Å². The summed E-state index contributed by atoms with van der Waals surface area (Å²) in [6.07, 6.45) is 5.31. The molecule has 1 aromatic carbocycles. The van der Waals surface area contributed by atoms with E-state index in [0.717, 1.165) is 43.1 Å². The number of rotatable bonds is 7. The highest BCUT2D eigenvalue weighted by Gasteiger charge is 2.33. The number of aromatic nitrogens is 1. The zero-order valence-corrected chi connectivity index (χ0v) is 22.2. The summed E-state index contributed by atoms with van der Waals surface area (Å²) in [5.74, 6) is 1.68. The van der Waals surface area contributed by atoms with Crippen LogP contribution in [0.25, 0.3) is 6.08 Å². The molecule has 0 amide bonds. The molecule has 2 aromatic heterocycles. The van der Waals surface area contributed by atoms with Crippen molar-refractivity contribution >= 4 is 29.3 Å². The second kappa shape index (κ2) is 10.8. The van der Waals surface area contributed by atoms with Crippen LogP contribution in [0.15, 0.2) is 61.9 Å². The number of thiazole rings is 1. The molecule has 8 nitrogen and oxygen atoms in total. The number of carbonyl (C=O) groups is 1. The van der Waals surface area contributed by atoms with Gasteiger partial charge in [-0.3, -0.25) is 9.36 Å². The van der Waals surface area contributed by atoms with Crippen LogP contribution in [0.5, 0.6) is 5.75 Å². The molecule has 2 aliphatic heterocycles. The number of nitrogens with zero attached hydrogens (tertiary/aromatic N) is 3. The first-order valence-electron chi connectivity index (χ1n) is 12.8. The number of piperidine rings is 1. The van der Waals surface area contributed by atoms with E-state index in [0.29, 0.717) is 33.0 Å². The molecule has 5 rings (SSSR count). The Hall–Kier alpha value is -3.59. The average Bonchev–Trinajstić information content (AvgIpc) is 3.49. The van der Waals surface area contributed by atoms with Crippen molar-refractivity contribution in [2.45, 2.75) is 46.1 Å². The fourth-order valence-electron chi connectivity index (χ4n) is 4.85. The van der Waals surface area contributed by atoms with Gasteiger partial charge in [0.25, 0.3) is 5.56 Å². The van der Waals surface area contributed by atoms with Gasteiger partial charge in [0.1, 0.15) is 11.5 Å². The van der Waals surface area contributed by atoms with Gasteiger partial charge >= 0.3 is 5.97 Å². The molecule has 0 bridgehead atoms. The number of furan rings is 1. The maximum Gasteiger partial charge on any atom is 0.338 e. The third kappa shape index (κ3) is 5.00. The second-order valence-electron chi connectivity index (χ2n) is 9.03. The smallest absolute Gasteiger partial charge is 0.338 e. The second-order valence-corrected chi connectivity index (χ2v) is 10.0. The van der Waals surface area contributed by atoms with E-state index in [-0.39, 0.29) is 12.2 Å². The Morgan fingerprint density at radius 3 is 2.57 bits per heavy atom.